The maximum atomic E-state index is 12.8. The molecule has 1 aromatic carbocycles. The van der Waals surface area contributed by atoms with Crippen molar-refractivity contribution in [2.45, 2.75) is 45.4 Å². The lowest BCUT2D eigenvalue weighted by molar-refractivity contribution is -0.115. The quantitative estimate of drug-likeness (QED) is 0.838. The van der Waals surface area contributed by atoms with E-state index in [1.165, 1.54) is 6.42 Å². The van der Waals surface area contributed by atoms with Gasteiger partial charge in [-0.05, 0) is 30.5 Å². The first kappa shape index (κ1) is 13.6. The number of halogens is 1. The Balaban J connectivity index is 1.96. The van der Waals surface area contributed by atoms with Crippen LogP contribution in [-0.2, 0) is 11.2 Å². The fraction of sp³-hybridized carbons (Fsp3) is 0.500. The molecule has 0 radical (unpaired) electrons. The van der Waals surface area contributed by atoms with Crippen LogP contribution in [0, 0.1) is 5.41 Å². The Labute approximate surface area is 123 Å². The third kappa shape index (κ3) is 2.24. The van der Waals surface area contributed by atoms with E-state index in [1.54, 1.807) is 12.1 Å². The van der Waals surface area contributed by atoms with Gasteiger partial charge in [0, 0.05) is 16.7 Å². The molecular formula is C16H18ClNO2. The molecule has 0 atom stereocenters. The van der Waals surface area contributed by atoms with Gasteiger partial charge in [0.15, 0.2) is 5.78 Å². The molecule has 0 aromatic heterocycles. The number of rotatable bonds is 2. The van der Waals surface area contributed by atoms with E-state index < -0.39 is 0 Å². The summed E-state index contributed by atoms with van der Waals surface area (Å²) in [5.74, 6) is 0.0916. The topological polar surface area (TPSA) is 46.2 Å². The lowest BCUT2D eigenvalue weighted by atomic mass is 9.71. The van der Waals surface area contributed by atoms with E-state index in [0.717, 1.165) is 36.9 Å². The van der Waals surface area contributed by atoms with E-state index in [9.17, 15) is 9.59 Å². The molecule has 0 saturated heterocycles. The molecule has 1 fully saturated rings. The molecule has 2 aliphatic rings. The minimum absolute atomic E-state index is 0.0375. The molecule has 1 N–H and O–H groups in total. The standard InChI is InChI=1S/C16H18ClNO2/c1-16(5-3-2-4-6-16)15(20)11-7-10-8-14(19)18-13(10)9-12(11)17/h7,9H,2-6,8H2,1H3,(H,18,19). The molecular weight excluding hydrogens is 274 g/mol. The zero-order valence-corrected chi connectivity index (χ0v) is 12.3. The molecule has 0 unspecified atom stereocenters. The van der Waals surface area contributed by atoms with Gasteiger partial charge in [0.05, 0.1) is 11.4 Å². The first-order valence-electron chi connectivity index (χ1n) is 7.17. The summed E-state index contributed by atoms with van der Waals surface area (Å²) in [6.45, 7) is 2.04. The highest BCUT2D eigenvalue weighted by Gasteiger charge is 2.36. The van der Waals surface area contributed by atoms with Crippen LogP contribution in [0.25, 0.3) is 0 Å². The number of benzene rings is 1. The van der Waals surface area contributed by atoms with Crippen molar-refractivity contribution in [3.05, 3.63) is 28.3 Å². The third-order valence-electron chi connectivity index (χ3n) is 4.57. The predicted octanol–water partition coefficient (Wildman–Crippen LogP) is 3.99. The van der Waals surface area contributed by atoms with Crippen LogP contribution in [0.4, 0.5) is 5.69 Å². The summed E-state index contributed by atoms with van der Waals surface area (Å²) in [4.78, 5) is 24.3. The summed E-state index contributed by atoms with van der Waals surface area (Å²) in [7, 11) is 0. The highest BCUT2D eigenvalue weighted by Crippen LogP contribution is 2.41. The number of hydrogen-bond donors (Lipinski definition) is 1. The highest BCUT2D eigenvalue weighted by molar-refractivity contribution is 6.34. The molecule has 4 heteroatoms. The second kappa shape index (κ2) is 4.88. The molecule has 1 heterocycles. The number of nitrogens with one attached hydrogen (secondary N) is 1. The van der Waals surface area contributed by atoms with Gasteiger partial charge in [-0.25, -0.2) is 0 Å². The summed E-state index contributed by atoms with van der Waals surface area (Å²) in [6.07, 6.45) is 5.60. The van der Waals surface area contributed by atoms with E-state index in [0.29, 0.717) is 17.0 Å². The molecule has 0 bridgehead atoms. The van der Waals surface area contributed by atoms with Gasteiger partial charge in [0.2, 0.25) is 5.91 Å². The highest BCUT2D eigenvalue weighted by atomic mass is 35.5. The number of anilines is 1. The fourth-order valence-electron chi connectivity index (χ4n) is 3.31. The number of hydrogen-bond acceptors (Lipinski definition) is 2. The Hall–Kier alpha value is -1.35. The van der Waals surface area contributed by atoms with E-state index in [4.69, 9.17) is 11.6 Å². The van der Waals surface area contributed by atoms with Gasteiger partial charge in [0.25, 0.3) is 0 Å². The van der Waals surface area contributed by atoms with Gasteiger partial charge < -0.3 is 5.32 Å². The van der Waals surface area contributed by atoms with Crippen molar-refractivity contribution in [3.8, 4) is 0 Å². The largest absolute Gasteiger partial charge is 0.325 e. The minimum Gasteiger partial charge on any atom is -0.325 e. The molecule has 1 aliphatic heterocycles. The Morgan fingerprint density at radius 2 is 1.95 bits per heavy atom. The van der Waals surface area contributed by atoms with Gasteiger partial charge in [-0.1, -0.05) is 37.8 Å². The first-order chi connectivity index (χ1) is 9.49. The van der Waals surface area contributed by atoms with Crippen molar-refractivity contribution in [2.24, 2.45) is 5.41 Å². The van der Waals surface area contributed by atoms with Crippen molar-refractivity contribution in [1.29, 1.82) is 0 Å². The number of carbonyl (C=O) groups excluding carboxylic acids is 2. The average Bonchev–Trinajstić information content (AvgIpc) is 2.77. The number of fused-ring (bicyclic) bond motifs is 1. The SMILES string of the molecule is CC1(C(=O)c2cc3c(cc2Cl)NC(=O)C3)CCCCC1. The number of carbonyl (C=O) groups is 2. The van der Waals surface area contributed by atoms with Gasteiger partial charge in [-0.15, -0.1) is 0 Å². The van der Waals surface area contributed by atoms with Crippen LogP contribution >= 0.6 is 11.6 Å². The van der Waals surface area contributed by atoms with Gasteiger partial charge >= 0.3 is 0 Å². The van der Waals surface area contributed by atoms with Crippen molar-refractivity contribution in [3.63, 3.8) is 0 Å². The lowest BCUT2D eigenvalue weighted by Crippen LogP contribution is -2.30. The van der Waals surface area contributed by atoms with Crippen LogP contribution in [0.15, 0.2) is 12.1 Å². The summed E-state index contributed by atoms with van der Waals surface area (Å²) in [6, 6.07) is 3.51. The van der Waals surface area contributed by atoms with Crippen LogP contribution in [0.5, 0.6) is 0 Å². The normalized spacial score (nSPS) is 20.4. The van der Waals surface area contributed by atoms with Gasteiger partial charge in [0.1, 0.15) is 0 Å². The molecule has 1 saturated carbocycles. The van der Waals surface area contributed by atoms with Gasteiger partial charge in [-0.2, -0.15) is 0 Å². The second-order valence-electron chi connectivity index (χ2n) is 6.16. The molecule has 1 aliphatic carbocycles. The smallest absolute Gasteiger partial charge is 0.228 e. The van der Waals surface area contributed by atoms with Crippen LogP contribution < -0.4 is 5.32 Å². The van der Waals surface area contributed by atoms with Crippen molar-refractivity contribution < 1.29 is 9.59 Å². The van der Waals surface area contributed by atoms with Crippen LogP contribution in [0.3, 0.4) is 0 Å². The van der Waals surface area contributed by atoms with Crippen LogP contribution in [0.1, 0.15) is 54.9 Å². The monoisotopic (exact) mass is 291 g/mol. The molecule has 1 amide bonds. The lowest BCUT2D eigenvalue weighted by Gasteiger charge is -2.32. The Kier molecular flexibility index (Phi) is 3.33. The van der Waals surface area contributed by atoms with Crippen molar-refractivity contribution >= 4 is 29.0 Å². The van der Waals surface area contributed by atoms with E-state index in [1.807, 2.05) is 6.92 Å². The van der Waals surface area contributed by atoms with E-state index in [-0.39, 0.29) is 17.1 Å². The first-order valence-corrected chi connectivity index (χ1v) is 7.54. The molecule has 3 nitrogen and oxygen atoms in total. The van der Waals surface area contributed by atoms with Crippen LogP contribution in [0.2, 0.25) is 5.02 Å². The van der Waals surface area contributed by atoms with Crippen molar-refractivity contribution in [1.82, 2.24) is 0 Å². The predicted molar refractivity (Wildman–Crippen MR) is 79.3 cm³/mol. The Bertz CT molecular complexity index is 588. The zero-order chi connectivity index (χ0) is 14.3. The molecule has 106 valence electrons. The summed E-state index contributed by atoms with van der Waals surface area (Å²) < 4.78 is 0. The summed E-state index contributed by atoms with van der Waals surface area (Å²) in [5.41, 5.74) is 1.89. The van der Waals surface area contributed by atoms with E-state index in [2.05, 4.69) is 5.32 Å². The third-order valence-corrected chi connectivity index (χ3v) is 4.88. The fourth-order valence-corrected chi connectivity index (χ4v) is 3.56. The van der Waals surface area contributed by atoms with Gasteiger partial charge in [-0.3, -0.25) is 9.59 Å². The average molecular weight is 292 g/mol. The van der Waals surface area contributed by atoms with Crippen molar-refractivity contribution in [2.75, 3.05) is 5.32 Å². The summed E-state index contributed by atoms with van der Waals surface area (Å²) >= 11 is 6.26. The zero-order valence-electron chi connectivity index (χ0n) is 11.6. The molecule has 1 aromatic rings. The number of Topliss-reactive ketones (excluding diaryl/α,β-unsaturated/α-hetero) is 1. The second-order valence-corrected chi connectivity index (χ2v) is 6.57. The Morgan fingerprint density at radius 3 is 2.65 bits per heavy atom. The molecule has 0 spiro atoms. The van der Waals surface area contributed by atoms with E-state index >= 15 is 0 Å². The summed E-state index contributed by atoms with van der Waals surface area (Å²) in [5, 5.41) is 3.21. The maximum Gasteiger partial charge on any atom is 0.228 e. The molecule has 3 rings (SSSR count). The number of amides is 1. The molecule has 20 heavy (non-hydrogen) atoms. The minimum atomic E-state index is -0.299. The van der Waals surface area contributed by atoms with Crippen LogP contribution in [-0.4, -0.2) is 11.7 Å². The maximum absolute atomic E-state index is 12.8. The number of ketones is 1. The Morgan fingerprint density at radius 1 is 1.25 bits per heavy atom.